The first-order valence-electron chi connectivity index (χ1n) is 3.61. The average molecular weight is 164 g/mol. The summed E-state index contributed by atoms with van der Waals surface area (Å²) in [7, 11) is -3.84. The van der Waals surface area contributed by atoms with E-state index in [1.165, 1.54) is 6.08 Å². The van der Waals surface area contributed by atoms with Crippen LogP contribution in [0.4, 0.5) is 8.22 Å². The molecule has 0 spiro atoms. The molecule has 0 unspecified atom stereocenters. The van der Waals surface area contributed by atoms with Crippen molar-refractivity contribution in [2.75, 3.05) is 0 Å². The lowest BCUT2D eigenvalue weighted by Crippen LogP contribution is -2.20. The van der Waals surface area contributed by atoms with Crippen molar-refractivity contribution in [3.63, 3.8) is 0 Å². The second kappa shape index (κ2) is 4.60. The largest absolute Gasteiger partial charge is 0.428 e. The van der Waals surface area contributed by atoms with Crippen LogP contribution in [0.2, 0.25) is 12.1 Å². The topological polar surface area (TPSA) is 0 Å². The van der Waals surface area contributed by atoms with Gasteiger partial charge in [-0.1, -0.05) is 25.8 Å². The zero-order valence-corrected chi connectivity index (χ0v) is 7.37. The normalized spacial score (nSPS) is 11.5. The highest BCUT2D eigenvalue weighted by atomic mass is 28.4. The highest BCUT2D eigenvalue weighted by molar-refractivity contribution is 6.66. The van der Waals surface area contributed by atoms with Crippen LogP contribution < -0.4 is 0 Å². The zero-order valence-electron chi connectivity index (χ0n) is 6.37. The van der Waals surface area contributed by atoms with Crippen molar-refractivity contribution in [3.8, 4) is 0 Å². The molecule has 0 N–H and O–H groups in total. The van der Waals surface area contributed by atoms with E-state index in [0.717, 1.165) is 6.42 Å². The maximum absolute atomic E-state index is 12.7. The minimum Gasteiger partial charge on any atom is -0.270 e. The number of unbranched alkanes of at least 4 members (excludes halogenated alkanes) is 1. The summed E-state index contributed by atoms with van der Waals surface area (Å²) in [5, 5.41) is 0. The Kier molecular flexibility index (Phi) is 4.52. The first-order chi connectivity index (χ1) is 4.62. The molecule has 0 aromatic rings. The van der Waals surface area contributed by atoms with Gasteiger partial charge in [0.2, 0.25) is 0 Å². The lowest BCUT2D eigenvalue weighted by molar-refractivity contribution is 0.585. The van der Waals surface area contributed by atoms with Gasteiger partial charge < -0.3 is 0 Å². The van der Waals surface area contributed by atoms with Crippen LogP contribution in [0.15, 0.2) is 12.7 Å². The number of allylic oxidation sites excluding steroid dienone is 1. The van der Waals surface area contributed by atoms with Crippen LogP contribution in [-0.2, 0) is 0 Å². The third kappa shape index (κ3) is 4.67. The SMILES string of the molecule is C=CC[Si](F)(F)CCCC. The molecule has 3 heteroatoms. The van der Waals surface area contributed by atoms with Crippen molar-refractivity contribution in [3.05, 3.63) is 12.7 Å². The summed E-state index contributed by atoms with van der Waals surface area (Å²) in [4.78, 5) is 0. The van der Waals surface area contributed by atoms with Crippen molar-refractivity contribution in [2.45, 2.75) is 31.9 Å². The standard InChI is InChI=1S/C7H14F2Si/c1-3-5-7-10(8,9)6-4-2/h4H,2-3,5-7H2,1H3. The zero-order chi connectivity index (χ0) is 8.04. The summed E-state index contributed by atoms with van der Waals surface area (Å²) in [6, 6.07) is 0.0858. The van der Waals surface area contributed by atoms with Crippen molar-refractivity contribution in [1.82, 2.24) is 0 Å². The summed E-state index contributed by atoms with van der Waals surface area (Å²) in [5.74, 6) is 0. The van der Waals surface area contributed by atoms with Gasteiger partial charge in [0.05, 0.1) is 0 Å². The molecule has 0 radical (unpaired) electrons. The summed E-state index contributed by atoms with van der Waals surface area (Å²) in [6.07, 6.45) is 2.86. The molecule has 0 aliphatic heterocycles. The van der Waals surface area contributed by atoms with E-state index in [1.807, 2.05) is 6.92 Å². The Morgan fingerprint density at radius 1 is 1.50 bits per heavy atom. The molecule has 0 rings (SSSR count). The van der Waals surface area contributed by atoms with E-state index >= 15 is 0 Å². The number of rotatable bonds is 5. The Balaban J connectivity index is 3.51. The predicted octanol–water partition coefficient (Wildman–Crippen LogP) is 3.35. The van der Waals surface area contributed by atoms with E-state index in [4.69, 9.17) is 0 Å². The van der Waals surface area contributed by atoms with Gasteiger partial charge in [0.1, 0.15) is 0 Å². The second-order valence-corrected chi connectivity index (χ2v) is 5.07. The van der Waals surface area contributed by atoms with Gasteiger partial charge in [-0.15, -0.1) is 6.58 Å². The minimum atomic E-state index is -3.84. The van der Waals surface area contributed by atoms with Crippen LogP contribution in [0.1, 0.15) is 19.8 Å². The van der Waals surface area contributed by atoms with Gasteiger partial charge in [-0.05, 0) is 6.04 Å². The molecule has 0 fully saturated rings. The highest BCUT2D eigenvalue weighted by Crippen LogP contribution is 2.21. The van der Waals surface area contributed by atoms with Crippen LogP contribution in [0, 0.1) is 0 Å². The van der Waals surface area contributed by atoms with Gasteiger partial charge in [0, 0.05) is 6.04 Å². The molecule has 10 heavy (non-hydrogen) atoms. The van der Waals surface area contributed by atoms with Crippen LogP contribution in [0.3, 0.4) is 0 Å². The van der Waals surface area contributed by atoms with E-state index in [-0.39, 0.29) is 12.1 Å². The summed E-state index contributed by atoms with van der Waals surface area (Å²) < 4.78 is 25.4. The van der Waals surface area contributed by atoms with Gasteiger partial charge >= 0.3 is 8.74 Å². The van der Waals surface area contributed by atoms with Crippen LogP contribution in [0.5, 0.6) is 0 Å². The Morgan fingerprint density at radius 2 is 2.10 bits per heavy atom. The Morgan fingerprint density at radius 3 is 2.50 bits per heavy atom. The van der Waals surface area contributed by atoms with Gasteiger partial charge in [0.15, 0.2) is 0 Å². The van der Waals surface area contributed by atoms with Crippen LogP contribution in [-0.4, -0.2) is 8.74 Å². The molecule has 0 heterocycles. The molecule has 0 atom stereocenters. The molecule has 0 aliphatic carbocycles. The number of halogens is 2. The first-order valence-corrected chi connectivity index (χ1v) is 5.78. The maximum Gasteiger partial charge on any atom is 0.428 e. The van der Waals surface area contributed by atoms with Crippen molar-refractivity contribution in [2.24, 2.45) is 0 Å². The molecule has 0 saturated heterocycles. The van der Waals surface area contributed by atoms with Gasteiger partial charge in [-0.25, -0.2) is 0 Å². The molecule has 0 nitrogen and oxygen atoms in total. The van der Waals surface area contributed by atoms with Crippen LogP contribution >= 0.6 is 0 Å². The molecule has 0 amide bonds. The highest BCUT2D eigenvalue weighted by Gasteiger charge is 2.31. The fourth-order valence-electron chi connectivity index (χ4n) is 0.749. The van der Waals surface area contributed by atoms with E-state index in [0.29, 0.717) is 6.42 Å². The number of hydrogen-bond acceptors (Lipinski definition) is 0. The molecule has 0 saturated carbocycles. The fourth-order valence-corrected chi connectivity index (χ4v) is 2.25. The number of hydrogen-bond donors (Lipinski definition) is 0. The fraction of sp³-hybridized carbons (Fsp3) is 0.714. The molecule has 0 aliphatic rings. The first kappa shape index (κ1) is 9.82. The molecule has 0 aromatic carbocycles. The summed E-state index contributed by atoms with van der Waals surface area (Å²) in [6.45, 7) is 5.24. The smallest absolute Gasteiger partial charge is 0.270 e. The van der Waals surface area contributed by atoms with E-state index in [2.05, 4.69) is 6.58 Å². The lowest BCUT2D eigenvalue weighted by atomic mass is 10.4. The average Bonchev–Trinajstić information content (AvgIpc) is 1.84. The predicted molar refractivity (Wildman–Crippen MR) is 42.7 cm³/mol. The monoisotopic (exact) mass is 164 g/mol. The Labute approximate surface area is 62.3 Å². The van der Waals surface area contributed by atoms with Gasteiger partial charge in [0.25, 0.3) is 0 Å². The van der Waals surface area contributed by atoms with Crippen molar-refractivity contribution < 1.29 is 8.22 Å². The Bertz CT molecular complexity index is 102. The van der Waals surface area contributed by atoms with Crippen molar-refractivity contribution >= 4 is 8.74 Å². The lowest BCUT2D eigenvalue weighted by Gasteiger charge is -2.08. The third-order valence-corrected chi connectivity index (χ3v) is 3.31. The van der Waals surface area contributed by atoms with Crippen LogP contribution in [0.25, 0.3) is 0 Å². The molecular formula is C7H14F2Si. The van der Waals surface area contributed by atoms with E-state index in [1.54, 1.807) is 0 Å². The second-order valence-electron chi connectivity index (χ2n) is 2.45. The summed E-state index contributed by atoms with van der Waals surface area (Å²) in [5.41, 5.74) is 0. The third-order valence-electron chi connectivity index (χ3n) is 1.34. The summed E-state index contributed by atoms with van der Waals surface area (Å²) >= 11 is 0. The molecule has 0 aromatic heterocycles. The van der Waals surface area contributed by atoms with Gasteiger partial charge in [-0.3, -0.25) is 8.22 Å². The van der Waals surface area contributed by atoms with Crippen molar-refractivity contribution in [1.29, 1.82) is 0 Å². The molecular weight excluding hydrogens is 150 g/mol. The maximum atomic E-state index is 12.7. The molecule has 60 valence electrons. The van der Waals surface area contributed by atoms with Gasteiger partial charge in [-0.2, -0.15) is 0 Å². The van der Waals surface area contributed by atoms with E-state index < -0.39 is 8.74 Å². The van der Waals surface area contributed by atoms with E-state index in [9.17, 15) is 8.22 Å². The Hall–Kier alpha value is -0.183. The minimum absolute atomic E-state index is 0.0486. The quantitative estimate of drug-likeness (QED) is 0.332. The molecule has 0 bridgehead atoms.